The van der Waals surface area contributed by atoms with Gasteiger partial charge in [-0.1, -0.05) is 102 Å². The molecule has 0 bridgehead atoms. The van der Waals surface area contributed by atoms with Crippen molar-refractivity contribution in [1.82, 2.24) is 5.32 Å². The molecule has 0 radical (unpaired) electrons. The minimum atomic E-state index is 0.175. The minimum Gasteiger partial charge on any atom is -0.356 e. The van der Waals surface area contributed by atoms with Crippen molar-refractivity contribution >= 4 is 5.91 Å². The Hall–Kier alpha value is -2.09. The number of nitrogens with one attached hydrogen (secondary N) is 1. The Morgan fingerprint density at radius 1 is 0.714 bits per heavy atom. The Labute approximate surface area is 172 Å². The lowest BCUT2D eigenvalue weighted by Crippen LogP contribution is -2.28. The molecule has 0 unspecified atom stereocenters. The number of hydrogen-bond acceptors (Lipinski definition) is 1. The highest BCUT2D eigenvalue weighted by Gasteiger charge is 2.14. The molecule has 0 aliphatic carbocycles. The van der Waals surface area contributed by atoms with Crippen LogP contribution in [0.15, 0.2) is 60.7 Å². The summed E-state index contributed by atoms with van der Waals surface area (Å²) in [5, 5.41) is 2.87. The largest absolute Gasteiger partial charge is 0.356 e. The summed E-state index contributed by atoms with van der Waals surface area (Å²) in [6.07, 6.45) is 1.85. The Bertz CT molecular complexity index is 607. The first-order chi connectivity index (χ1) is 13.3. The number of amides is 1. The molecular formula is C26H39NO. The molecule has 0 fully saturated rings. The predicted molar refractivity (Wildman–Crippen MR) is 121 cm³/mol. The average molecular weight is 382 g/mol. The smallest absolute Gasteiger partial charge is 0.220 e. The normalized spacial score (nSPS) is 10.9. The van der Waals surface area contributed by atoms with Crippen LogP contribution < -0.4 is 5.32 Å². The highest BCUT2D eigenvalue weighted by Crippen LogP contribution is 2.30. The van der Waals surface area contributed by atoms with Crippen LogP contribution in [0.4, 0.5) is 0 Å². The third kappa shape index (κ3) is 10.3. The van der Waals surface area contributed by atoms with E-state index in [4.69, 9.17) is 0 Å². The van der Waals surface area contributed by atoms with Gasteiger partial charge in [0, 0.05) is 18.9 Å². The van der Waals surface area contributed by atoms with Crippen molar-refractivity contribution in [2.24, 2.45) is 17.8 Å². The van der Waals surface area contributed by atoms with E-state index in [2.05, 4.69) is 108 Å². The predicted octanol–water partition coefficient (Wildman–Crippen LogP) is 6.67. The minimum absolute atomic E-state index is 0.175. The molecule has 2 nitrogen and oxygen atoms in total. The molecule has 0 aliphatic rings. The molecule has 2 aromatic carbocycles. The lowest BCUT2D eigenvalue weighted by atomic mass is 9.85. The summed E-state index contributed by atoms with van der Waals surface area (Å²) in [6, 6.07) is 21.6. The van der Waals surface area contributed by atoms with Crippen LogP contribution >= 0.6 is 0 Å². The van der Waals surface area contributed by atoms with Gasteiger partial charge in [0.2, 0.25) is 5.91 Å². The summed E-state index contributed by atoms with van der Waals surface area (Å²) in [6.45, 7) is 13.7. The van der Waals surface area contributed by atoms with Crippen LogP contribution in [0.25, 0.3) is 0 Å². The molecule has 0 aliphatic heterocycles. The van der Waals surface area contributed by atoms with E-state index in [0.717, 1.165) is 6.54 Å². The molecule has 2 heteroatoms. The Morgan fingerprint density at radius 2 is 1.18 bits per heavy atom. The first kappa shape index (κ1) is 23.9. The molecule has 154 valence electrons. The molecule has 0 aromatic heterocycles. The topological polar surface area (TPSA) is 29.1 Å². The summed E-state index contributed by atoms with van der Waals surface area (Å²) in [5.74, 6) is 2.42. The van der Waals surface area contributed by atoms with Crippen LogP contribution in [0, 0.1) is 17.8 Å². The fraction of sp³-hybridized carbons (Fsp3) is 0.500. The molecule has 28 heavy (non-hydrogen) atoms. The molecule has 1 amide bonds. The van der Waals surface area contributed by atoms with Crippen molar-refractivity contribution < 1.29 is 4.79 Å². The maximum absolute atomic E-state index is 11.0. The molecule has 0 atom stereocenters. The fourth-order valence-electron chi connectivity index (χ4n) is 3.07. The summed E-state index contributed by atoms with van der Waals surface area (Å²) in [5.41, 5.74) is 2.85. The van der Waals surface area contributed by atoms with Crippen LogP contribution in [-0.4, -0.2) is 12.5 Å². The van der Waals surface area contributed by atoms with Gasteiger partial charge in [-0.3, -0.25) is 4.79 Å². The highest BCUT2D eigenvalue weighted by atomic mass is 16.1. The fourth-order valence-corrected chi connectivity index (χ4v) is 3.07. The number of rotatable bonds is 8. The SMILES string of the molecule is CC(C)CC(c1ccccc1)c1ccccc1.CC(C)CNC(=O)CC(C)C. The Morgan fingerprint density at radius 3 is 1.54 bits per heavy atom. The van der Waals surface area contributed by atoms with E-state index in [9.17, 15) is 4.79 Å². The van der Waals surface area contributed by atoms with Crippen LogP contribution in [-0.2, 0) is 4.79 Å². The number of carbonyl (C=O) groups is 1. The van der Waals surface area contributed by atoms with Crippen LogP contribution in [0.3, 0.4) is 0 Å². The van der Waals surface area contributed by atoms with E-state index in [1.807, 2.05) is 0 Å². The monoisotopic (exact) mass is 381 g/mol. The zero-order valence-electron chi connectivity index (χ0n) is 18.6. The Balaban J connectivity index is 0.000000311. The van der Waals surface area contributed by atoms with Crippen molar-refractivity contribution in [3.63, 3.8) is 0 Å². The second-order valence-corrected chi connectivity index (χ2v) is 8.80. The van der Waals surface area contributed by atoms with Crippen molar-refractivity contribution in [2.75, 3.05) is 6.54 Å². The first-order valence-corrected chi connectivity index (χ1v) is 10.7. The van der Waals surface area contributed by atoms with Gasteiger partial charge in [0.05, 0.1) is 0 Å². The molecule has 0 saturated carbocycles. The van der Waals surface area contributed by atoms with Gasteiger partial charge in [-0.25, -0.2) is 0 Å². The summed E-state index contributed by atoms with van der Waals surface area (Å²) < 4.78 is 0. The molecule has 0 saturated heterocycles. The van der Waals surface area contributed by atoms with Gasteiger partial charge in [0.15, 0.2) is 0 Å². The lowest BCUT2D eigenvalue weighted by molar-refractivity contribution is -0.121. The molecule has 0 heterocycles. The van der Waals surface area contributed by atoms with Gasteiger partial charge in [-0.05, 0) is 35.3 Å². The number of hydrogen-bond donors (Lipinski definition) is 1. The first-order valence-electron chi connectivity index (χ1n) is 10.7. The average Bonchev–Trinajstić information content (AvgIpc) is 2.66. The Kier molecular flexibility index (Phi) is 11.2. The molecule has 1 N–H and O–H groups in total. The van der Waals surface area contributed by atoms with Gasteiger partial charge >= 0.3 is 0 Å². The second kappa shape index (κ2) is 13.1. The zero-order chi connectivity index (χ0) is 20.9. The van der Waals surface area contributed by atoms with E-state index < -0.39 is 0 Å². The molecule has 2 aromatic rings. The molecule has 2 rings (SSSR count). The summed E-state index contributed by atoms with van der Waals surface area (Å²) in [4.78, 5) is 11.0. The number of carbonyl (C=O) groups excluding carboxylic acids is 1. The van der Waals surface area contributed by atoms with Crippen molar-refractivity contribution in [1.29, 1.82) is 0 Å². The third-order valence-electron chi connectivity index (χ3n) is 4.41. The van der Waals surface area contributed by atoms with E-state index in [0.29, 0.717) is 30.1 Å². The van der Waals surface area contributed by atoms with E-state index in [-0.39, 0.29) is 5.91 Å². The molecule has 0 spiro atoms. The van der Waals surface area contributed by atoms with Crippen molar-refractivity contribution in [3.05, 3.63) is 71.8 Å². The van der Waals surface area contributed by atoms with E-state index in [1.54, 1.807) is 0 Å². The highest BCUT2D eigenvalue weighted by molar-refractivity contribution is 5.75. The van der Waals surface area contributed by atoms with Crippen LogP contribution in [0.1, 0.15) is 71.4 Å². The van der Waals surface area contributed by atoms with Gasteiger partial charge in [0.25, 0.3) is 0 Å². The van der Waals surface area contributed by atoms with Gasteiger partial charge in [0.1, 0.15) is 0 Å². The van der Waals surface area contributed by atoms with Crippen LogP contribution in [0.5, 0.6) is 0 Å². The molecular weight excluding hydrogens is 342 g/mol. The quantitative estimate of drug-likeness (QED) is 0.543. The van der Waals surface area contributed by atoms with E-state index in [1.165, 1.54) is 17.5 Å². The lowest BCUT2D eigenvalue weighted by Gasteiger charge is -2.20. The van der Waals surface area contributed by atoms with Crippen LogP contribution in [0.2, 0.25) is 0 Å². The van der Waals surface area contributed by atoms with Gasteiger partial charge in [-0.2, -0.15) is 0 Å². The maximum atomic E-state index is 11.0. The maximum Gasteiger partial charge on any atom is 0.220 e. The zero-order valence-corrected chi connectivity index (χ0v) is 18.6. The third-order valence-corrected chi connectivity index (χ3v) is 4.41. The van der Waals surface area contributed by atoms with Crippen molar-refractivity contribution in [2.45, 2.75) is 60.3 Å². The van der Waals surface area contributed by atoms with E-state index >= 15 is 0 Å². The standard InChI is InChI=1S/C17H20.C9H19NO/c1-14(2)13-17(15-9-5-3-6-10-15)16-11-7-4-8-12-16;1-7(2)5-9(11)10-6-8(3)4/h3-12,14,17H,13H2,1-2H3;7-8H,5-6H2,1-4H3,(H,10,11). The summed E-state index contributed by atoms with van der Waals surface area (Å²) in [7, 11) is 0. The second-order valence-electron chi connectivity index (χ2n) is 8.80. The number of benzene rings is 2. The van der Waals surface area contributed by atoms with Gasteiger partial charge < -0.3 is 5.32 Å². The van der Waals surface area contributed by atoms with Gasteiger partial charge in [-0.15, -0.1) is 0 Å². The summed E-state index contributed by atoms with van der Waals surface area (Å²) >= 11 is 0. The van der Waals surface area contributed by atoms with Crippen molar-refractivity contribution in [3.8, 4) is 0 Å².